The van der Waals surface area contributed by atoms with E-state index in [4.69, 9.17) is 15.9 Å². The van der Waals surface area contributed by atoms with Crippen molar-refractivity contribution in [2.24, 2.45) is 0 Å². The van der Waals surface area contributed by atoms with Crippen molar-refractivity contribution in [3.63, 3.8) is 0 Å². The fourth-order valence-electron chi connectivity index (χ4n) is 2.02. The number of anilines is 2. The van der Waals surface area contributed by atoms with Crippen LogP contribution in [0.15, 0.2) is 12.3 Å². The molecule has 0 bridgehead atoms. The monoisotopic (exact) mass is 234 g/mol. The lowest BCUT2D eigenvalue weighted by Gasteiger charge is -2.24. The summed E-state index contributed by atoms with van der Waals surface area (Å²) >= 11 is 0. The van der Waals surface area contributed by atoms with Crippen LogP contribution >= 0.6 is 0 Å². The molecule has 2 rings (SSSR count). The van der Waals surface area contributed by atoms with Gasteiger partial charge in [0.1, 0.15) is 5.82 Å². The third-order valence-electron chi connectivity index (χ3n) is 2.92. The molecule has 1 aromatic rings. The molecule has 0 amide bonds. The summed E-state index contributed by atoms with van der Waals surface area (Å²) in [6.45, 7) is 3.28. The molecule has 17 heavy (non-hydrogen) atoms. The van der Waals surface area contributed by atoms with E-state index in [1.807, 2.05) is 0 Å². The highest BCUT2D eigenvalue weighted by Crippen LogP contribution is 2.22. The SMILES string of the molecule is CC(=N)c1c(N)ccnc1NC1CCOCC1. The van der Waals surface area contributed by atoms with Crippen molar-refractivity contribution in [1.29, 1.82) is 5.41 Å². The molecule has 4 N–H and O–H groups in total. The molecule has 1 aromatic heterocycles. The molecule has 0 aromatic carbocycles. The predicted molar refractivity (Wildman–Crippen MR) is 68.6 cm³/mol. The van der Waals surface area contributed by atoms with Crippen molar-refractivity contribution in [2.45, 2.75) is 25.8 Å². The van der Waals surface area contributed by atoms with Crippen molar-refractivity contribution in [3.8, 4) is 0 Å². The van der Waals surface area contributed by atoms with E-state index in [0.717, 1.165) is 26.1 Å². The zero-order valence-corrected chi connectivity index (χ0v) is 9.99. The first-order chi connectivity index (χ1) is 8.18. The Balaban J connectivity index is 2.19. The summed E-state index contributed by atoms with van der Waals surface area (Å²) in [6, 6.07) is 2.08. The minimum Gasteiger partial charge on any atom is -0.398 e. The second-order valence-corrected chi connectivity index (χ2v) is 4.28. The Morgan fingerprint density at radius 2 is 2.24 bits per heavy atom. The molecule has 1 aliphatic heterocycles. The maximum Gasteiger partial charge on any atom is 0.137 e. The molecule has 5 nitrogen and oxygen atoms in total. The van der Waals surface area contributed by atoms with Crippen molar-refractivity contribution < 1.29 is 4.74 Å². The van der Waals surface area contributed by atoms with Gasteiger partial charge in [-0.2, -0.15) is 0 Å². The molecule has 0 unspecified atom stereocenters. The van der Waals surface area contributed by atoms with Crippen molar-refractivity contribution in [3.05, 3.63) is 17.8 Å². The number of aromatic nitrogens is 1. The molecule has 0 aliphatic carbocycles. The Bertz CT molecular complexity index is 413. The second-order valence-electron chi connectivity index (χ2n) is 4.28. The van der Waals surface area contributed by atoms with E-state index in [2.05, 4.69) is 10.3 Å². The summed E-state index contributed by atoms with van der Waals surface area (Å²) in [5.74, 6) is 0.712. The zero-order valence-electron chi connectivity index (χ0n) is 9.99. The van der Waals surface area contributed by atoms with Crippen LogP contribution in [0.3, 0.4) is 0 Å². The van der Waals surface area contributed by atoms with Gasteiger partial charge in [0.25, 0.3) is 0 Å². The number of pyridine rings is 1. The van der Waals surface area contributed by atoms with Crippen LogP contribution in [0.4, 0.5) is 11.5 Å². The van der Waals surface area contributed by atoms with Crippen LogP contribution in [0.5, 0.6) is 0 Å². The summed E-state index contributed by atoms with van der Waals surface area (Å²) in [5, 5.41) is 11.1. The fourth-order valence-corrected chi connectivity index (χ4v) is 2.02. The largest absolute Gasteiger partial charge is 0.398 e. The van der Waals surface area contributed by atoms with Crippen molar-refractivity contribution in [1.82, 2.24) is 4.98 Å². The first-order valence-corrected chi connectivity index (χ1v) is 5.83. The number of nitrogens with one attached hydrogen (secondary N) is 2. The van der Waals surface area contributed by atoms with E-state index in [0.29, 0.717) is 28.8 Å². The Labute approximate surface area is 101 Å². The fraction of sp³-hybridized carbons (Fsp3) is 0.500. The summed E-state index contributed by atoms with van der Waals surface area (Å²) in [5.41, 5.74) is 7.62. The van der Waals surface area contributed by atoms with Gasteiger partial charge in [-0.25, -0.2) is 4.98 Å². The van der Waals surface area contributed by atoms with Crippen LogP contribution in [0.2, 0.25) is 0 Å². The third kappa shape index (κ3) is 2.74. The summed E-state index contributed by atoms with van der Waals surface area (Å²) in [4.78, 5) is 4.28. The lowest BCUT2D eigenvalue weighted by Crippen LogP contribution is -2.29. The average Bonchev–Trinajstić information content (AvgIpc) is 2.30. The normalized spacial score (nSPS) is 16.8. The molecule has 5 heteroatoms. The van der Waals surface area contributed by atoms with Gasteiger partial charge in [-0.15, -0.1) is 0 Å². The first-order valence-electron chi connectivity index (χ1n) is 5.83. The first kappa shape index (κ1) is 11.9. The van der Waals surface area contributed by atoms with E-state index >= 15 is 0 Å². The van der Waals surface area contributed by atoms with Gasteiger partial charge in [0.2, 0.25) is 0 Å². The van der Waals surface area contributed by atoms with Crippen LogP contribution < -0.4 is 11.1 Å². The summed E-state index contributed by atoms with van der Waals surface area (Å²) < 4.78 is 5.31. The summed E-state index contributed by atoms with van der Waals surface area (Å²) in [7, 11) is 0. The van der Waals surface area contributed by atoms with Crippen LogP contribution in [0, 0.1) is 5.41 Å². The topological polar surface area (TPSA) is 84.0 Å². The number of nitrogen functional groups attached to an aromatic ring is 1. The lowest BCUT2D eigenvalue weighted by atomic mass is 10.1. The van der Waals surface area contributed by atoms with Crippen LogP contribution in [0.1, 0.15) is 25.3 Å². The molecule has 1 fully saturated rings. The molecule has 0 spiro atoms. The van der Waals surface area contributed by atoms with E-state index in [9.17, 15) is 0 Å². The highest BCUT2D eigenvalue weighted by molar-refractivity contribution is 6.05. The molecule has 92 valence electrons. The van der Waals surface area contributed by atoms with Crippen LogP contribution in [-0.4, -0.2) is 30.0 Å². The standard InChI is InChI=1S/C12H18N4O/c1-8(13)11-10(14)2-5-15-12(11)16-9-3-6-17-7-4-9/h2,5,9,13H,3-4,6-7H2,1H3,(H3,14,15,16). The van der Waals surface area contributed by atoms with Gasteiger partial charge in [0, 0.05) is 36.9 Å². The smallest absolute Gasteiger partial charge is 0.137 e. The number of rotatable bonds is 3. The Hall–Kier alpha value is -1.62. The molecule has 1 saturated heterocycles. The minimum absolute atomic E-state index is 0.358. The Morgan fingerprint density at radius 1 is 1.53 bits per heavy atom. The van der Waals surface area contributed by atoms with Gasteiger partial charge in [-0.05, 0) is 25.8 Å². The Morgan fingerprint density at radius 3 is 2.88 bits per heavy atom. The molecule has 1 aliphatic rings. The summed E-state index contributed by atoms with van der Waals surface area (Å²) in [6.07, 6.45) is 3.60. The van der Waals surface area contributed by atoms with E-state index in [-0.39, 0.29) is 0 Å². The predicted octanol–water partition coefficient (Wildman–Crippen LogP) is 1.64. The second kappa shape index (κ2) is 5.14. The maximum absolute atomic E-state index is 7.75. The number of ether oxygens (including phenoxy) is 1. The molecule has 2 heterocycles. The van der Waals surface area contributed by atoms with E-state index < -0.39 is 0 Å². The molecule has 0 radical (unpaired) electrons. The van der Waals surface area contributed by atoms with Gasteiger partial charge in [0.05, 0.1) is 5.56 Å². The minimum atomic E-state index is 0.358. The number of nitrogens with two attached hydrogens (primary N) is 1. The Kier molecular flexibility index (Phi) is 3.58. The van der Waals surface area contributed by atoms with Gasteiger partial charge in [-0.3, -0.25) is 0 Å². The number of nitrogens with zero attached hydrogens (tertiary/aromatic N) is 1. The highest BCUT2D eigenvalue weighted by Gasteiger charge is 2.17. The average molecular weight is 234 g/mol. The van der Waals surface area contributed by atoms with Crippen molar-refractivity contribution in [2.75, 3.05) is 24.3 Å². The van der Waals surface area contributed by atoms with Gasteiger partial charge in [0.15, 0.2) is 0 Å². The van der Waals surface area contributed by atoms with E-state index in [1.54, 1.807) is 19.2 Å². The third-order valence-corrected chi connectivity index (χ3v) is 2.92. The molecule has 0 saturated carbocycles. The lowest BCUT2D eigenvalue weighted by molar-refractivity contribution is 0.0904. The number of hydrogen-bond acceptors (Lipinski definition) is 5. The molecular weight excluding hydrogens is 216 g/mol. The molecule has 0 atom stereocenters. The van der Waals surface area contributed by atoms with Crippen molar-refractivity contribution >= 4 is 17.2 Å². The van der Waals surface area contributed by atoms with Gasteiger partial charge in [-0.1, -0.05) is 0 Å². The van der Waals surface area contributed by atoms with Crippen LogP contribution in [0.25, 0.3) is 0 Å². The quantitative estimate of drug-likeness (QED) is 0.694. The number of hydrogen-bond donors (Lipinski definition) is 3. The highest BCUT2D eigenvalue weighted by atomic mass is 16.5. The van der Waals surface area contributed by atoms with Crippen LogP contribution in [-0.2, 0) is 4.74 Å². The zero-order chi connectivity index (χ0) is 12.3. The maximum atomic E-state index is 7.75. The van der Waals surface area contributed by atoms with Gasteiger partial charge >= 0.3 is 0 Å². The van der Waals surface area contributed by atoms with E-state index in [1.165, 1.54) is 0 Å². The van der Waals surface area contributed by atoms with Gasteiger partial charge < -0.3 is 21.2 Å². The molecular formula is C12H18N4O.